The van der Waals surface area contributed by atoms with Gasteiger partial charge in [0.25, 0.3) is 0 Å². The van der Waals surface area contributed by atoms with Gasteiger partial charge in [-0.2, -0.15) is 0 Å². The first-order chi connectivity index (χ1) is 6.75. The molecule has 0 saturated carbocycles. The van der Waals surface area contributed by atoms with E-state index in [9.17, 15) is 5.11 Å². The molecule has 0 fully saturated rings. The number of rotatable bonds is 3. The summed E-state index contributed by atoms with van der Waals surface area (Å²) in [6, 6.07) is 9.40. The molecule has 0 bridgehead atoms. The molecule has 0 radical (unpaired) electrons. The number of halogens is 1. The number of hydrogen-bond acceptors (Lipinski definition) is 1. The Morgan fingerprint density at radius 3 is 2.29 bits per heavy atom. The van der Waals surface area contributed by atoms with Gasteiger partial charge in [-0.25, -0.2) is 0 Å². The standard InChI is InChI=1S/C11H13O.BrH.Zn/c1-3-9(2)11(12)10-7-5-4-6-8-10;;/h3-9,11H,1H2,2H3;1H;/q-1;;+2/p-1. The van der Waals surface area contributed by atoms with Crippen molar-refractivity contribution in [3.05, 3.63) is 48.6 Å². The van der Waals surface area contributed by atoms with Gasteiger partial charge in [0.2, 0.25) is 0 Å². The molecule has 0 N–H and O–H groups in total. The zero-order chi connectivity index (χ0) is 11.0. The fourth-order valence-electron chi connectivity index (χ4n) is 1.07. The van der Waals surface area contributed by atoms with Gasteiger partial charge < -0.3 is 5.11 Å². The molecule has 0 saturated heterocycles. The van der Waals surface area contributed by atoms with Gasteiger partial charge in [0.15, 0.2) is 0 Å². The van der Waals surface area contributed by atoms with Gasteiger partial charge in [-0.15, -0.1) is 6.58 Å². The molecular weight excluding hydrogens is 293 g/mol. The summed E-state index contributed by atoms with van der Waals surface area (Å²) in [4.78, 5) is 0. The van der Waals surface area contributed by atoms with Crippen LogP contribution in [0.15, 0.2) is 43.0 Å². The van der Waals surface area contributed by atoms with Crippen molar-refractivity contribution in [2.75, 3.05) is 0 Å². The topological polar surface area (TPSA) is 23.1 Å². The quantitative estimate of drug-likeness (QED) is 0.622. The molecule has 1 nitrogen and oxygen atoms in total. The van der Waals surface area contributed by atoms with Crippen LogP contribution in [0.2, 0.25) is 0 Å². The number of benzene rings is 1. The molecular formula is C11H13BrOZn. The van der Waals surface area contributed by atoms with Crippen molar-refractivity contribution in [2.45, 2.75) is 13.0 Å². The molecule has 0 aliphatic carbocycles. The first-order valence-electron chi connectivity index (χ1n) is 4.35. The molecule has 0 heterocycles. The van der Waals surface area contributed by atoms with Gasteiger partial charge in [-0.3, -0.25) is 0 Å². The second-order valence-electron chi connectivity index (χ2n) is 2.93. The Morgan fingerprint density at radius 2 is 1.86 bits per heavy atom. The van der Waals surface area contributed by atoms with E-state index in [-0.39, 0.29) is 5.92 Å². The van der Waals surface area contributed by atoms with Crippen LogP contribution in [0.3, 0.4) is 0 Å². The van der Waals surface area contributed by atoms with E-state index >= 15 is 0 Å². The molecule has 0 aliphatic rings. The van der Waals surface area contributed by atoms with Gasteiger partial charge in [0.1, 0.15) is 0 Å². The van der Waals surface area contributed by atoms with Crippen LogP contribution >= 0.6 is 13.6 Å². The summed E-state index contributed by atoms with van der Waals surface area (Å²) in [6.45, 7) is 5.49. The van der Waals surface area contributed by atoms with Gasteiger partial charge >= 0.3 is 30.0 Å². The Hall–Kier alpha value is 0.0234. The molecule has 0 aromatic heterocycles. The molecule has 1 aromatic rings. The Balaban J connectivity index is 0.000000791. The van der Waals surface area contributed by atoms with Crippen LogP contribution in [0.25, 0.3) is 0 Å². The molecule has 72 valence electrons. The molecule has 0 aliphatic heterocycles. The summed E-state index contributed by atoms with van der Waals surface area (Å²) in [5.41, 5.74) is 0.838. The summed E-state index contributed by atoms with van der Waals surface area (Å²) in [6.07, 6.45) is 1.02. The van der Waals surface area contributed by atoms with E-state index in [4.69, 9.17) is 0 Å². The SMILES string of the molecule is C=CC(C)C([O-])c1ccccc1.[Zn+][Br]. The van der Waals surface area contributed by atoms with Gasteiger partial charge in [0, 0.05) is 0 Å². The fraction of sp³-hybridized carbons (Fsp3) is 0.273. The Morgan fingerprint density at radius 1 is 1.36 bits per heavy atom. The minimum absolute atomic E-state index is 0.00704. The molecule has 1 aromatic carbocycles. The van der Waals surface area contributed by atoms with E-state index in [0.29, 0.717) is 0 Å². The normalized spacial score (nSPS) is 13.5. The van der Waals surface area contributed by atoms with E-state index in [2.05, 4.69) is 20.2 Å². The second kappa shape index (κ2) is 8.34. The van der Waals surface area contributed by atoms with Crippen molar-refractivity contribution in [1.82, 2.24) is 0 Å². The first kappa shape index (κ1) is 14.0. The maximum absolute atomic E-state index is 11.6. The van der Waals surface area contributed by atoms with Crippen molar-refractivity contribution >= 4 is 13.6 Å². The molecule has 2 atom stereocenters. The molecule has 3 heteroatoms. The van der Waals surface area contributed by atoms with Crippen LogP contribution in [0.5, 0.6) is 0 Å². The summed E-state index contributed by atoms with van der Waals surface area (Å²) in [7, 11) is 0. The van der Waals surface area contributed by atoms with Crippen LogP contribution in [0.4, 0.5) is 0 Å². The van der Waals surface area contributed by atoms with E-state index in [1.54, 1.807) is 6.08 Å². The van der Waals surface area contributed by atoms with Crippen LogP contribution in [-0.4, -0.2) is 0 Å². The monoisotopic (exact) mass is 304 g/mol. The van der Waals surface area contributed by atoms with E-state index < -0.39 is 6.10 Å². The predicted octanol–water partition coefficient (Wildman–Crippen LogP) is 2.75. The molecule has 0 spiro atoms. The van der Waals surface area contributed by atoms with Crippen LogP contribution < -0.4 is 5.11 Å². The maximum atomic E-state index is 11.6. The van der Waals surface area contributed by atoms with Crippen LogP contribution in [-0.2, 0) is 16.3 Å². The zero-order valence-corrected chi connectivity index (χ0v) is 12.9. The van der Waals surface area contributed by atoms with Crippen LogP contribution in [0.1, 0.15) is 18.6 Å². The Labute approximate surface area is 102 Å². The average molecular weight is 307 g/mol. The van der Waals surface area contributed by atoms with Crippen molar-refractivity contribution in [3.8, 4) is 0 Å². The molecule has 1 rings (SSSR count). The minimum atomic E-state index is -0.677. The van der Waals surface area contributed by atoms with E-state index in [0.717, 1.165) is 5.56 Å². The van der Waals surface area contributed by atoms with E-state index in [1.165, 1.54) is 16.3 Å². The van der Waals surface area contributed by atoms with E-state index in [1.807, 2.05) is 37.3 Å². The van der Waals surface area contributed by atoms with Gasteiger partial charge in [-0.05, 0) is 5.92 Å². The summed E-state index contributed by atoms with van der Waals surface area (Å²) in [5.74, 6) is -0.00704. The van der Waals surface area contributed by atoms with Crippen LogP contribution in [0, 0.1) is 5.92 Å². The van der Waals surface area contributed by atoms with Crippen molar-refractivity contribution in [3.63, 3.8) is 0 Å². The van der Waals surface area contributed by atoms with Crippen molar-refractivity contribution in [2.24, 2.45) is 5.92 Å². The summed E-state index contributed by atoms with van der Waals surface area (Å²) in [5, 5.41) is 11.6. The Bertz CT molecular complexity index is 251. The van der Waals surface area contributed by atoms with Gasteiger partial charge in [-0.1, -0.05) is 55.0 Å². The predicted molar refractivity (Wildman–Crippen MR) is 57.5 cm³/mol. The molecule has 2 unspecified atom stereocenters. The summed E-state index contributed by atoms with van der Waals surface area (Å²) < 4.78 is 0. The van der Waals surface area contributed by atoms with Crippen molar-refractivity contribution in [1.29, 1.82) is 0 Å². The third-order valence-electron chi connectivity index (χ3n) is 1.98. The third-order valence-corrected chi connectivity index (χ3v) is 1.98. The fourth-order valence-corrected chi connectivity index (χ4v) is 1.07. The zero-order valence-electron chi connectivity index (χ0n) is 8.32. The second-order valence-corrected chi connectivity index (χ2v) is 2.93. The van der Waals surface area contributed by atoms with Gasteiger partial charge in [0.05, 0.1) is 0 Å². The summed E-state index contributed by atoms with van der Waals surface area (Å²) >= 11 is 4.25. The Kier molecular flexibility index (Phi) is 8.36. The average Bonchev–Trinajstić information content (AvgIpc) is 2.31. The molecule has 14 heavy (non-hydrogen) atoms. The number of hydrogen-bond donors (Lipinski definition) is 0. The third kappa shape index (κ3) is 4.50. The van der Waals surface area contributed by atoms with Crippen molar-refractivity contribution < 1.29 is 21.4 Å². The first-order valence-corrected chi connectivity index (χ1v) is 11.3. The molecule has 0 amide bonds.